The van der Waals surface area contributed by atoms with Gasteiger partial charge in [0.05, 0.1) is 19.2 Å². The third kappa shape index (κ3) is 4.99. The van der Waals surface area contributed by atoms with Crippen LogP contribution in [0.1, 0.15) is 25.3 Å². The van der Waals surface area contributed by atoms with Crippen molar-refractivity contribution in [3.8, 4) is 0 Å². The predicted octanol–water partition coefficient (Wildman–Crippen LogP) is 0.815. The Labute approximate surface area is 112 Å². The molecule has 1 unspecified atom stereocenters. The molecule has 7 heteroatoms. The lowest BCUT2D eigenvalue weighted by Gasteiger charge is -2.21. The van der Waals surface area contributed by atoms with Crippen LogP contribution in [0.3, 0.4) is 0 Å². The van der Waals surface area contributed by atoms with Crippen molar-refractivity contribution < 1.29 is 14.7 Å². The number of carbonyl (C=O) groups is 2. The van der Waals surface area contributed by atoms with Gasteiger partial charge in [-0.25, -0.2) is 4.79 Å². The molecule has 2 amide bonds. The van der Waals surface area contributed by atoms with Crippen LogP contribution in [0.5, 0.6) is 0 Å². The third-order valence-electron chi connectivity index (χ3n) is 2.77. The summed E-state index contributed by atoms with van der Waals surface area (Å²) in [5.74, 6) is -0.915. The molecule has 0 saturated carbocycles. The van der Waals surface area contributed by atoms with Crippen LogP contribution in [0.15, 0.2) is 12.4 Å². The van der Waals surface area contributed by atoms with E-state index in [1.54, 1.807) is 17.9 Å². The molecular weight excluding hydrogens is 248 g/mol. The van der Waals surface area contributed by atoms with E-state index in [0.29, 0.717) is 13.0 Å². The summed E-state index contributed by atoms with van der Waals surface area (Å²) in [5, 5.41) is 15.5. The Morgan fingerprint density at radius 2 is 2.26 bits per heavy atom. The van der Waals surface area contributed by atoms with Crippen molar-refractivity contribution in [2.75, 3.05) is 7.05 Å². The molecule has 19 heavy (non-hydrogen) atoms. The van der Waals surface area contributed by atoms with Crippen LogP contribution in [0.2, 0.25) is 0 Å². The highest BCUT2D eigenvalue weighted by atomic mass is 16.4. The zero-order chi connectivity index (χ0) is 14.4. The van der Waals surface area contributed by atoms with E-state index in [-0.39, 0.29) is 18.5 Å². The second kappa shape index (κ2) is 6.77. The van der Waals surface area contributed by atoms with Crippen LogP contribution < -0.4 is 5.32 Å². The summed E-state index contributed by atoms with van der Waals surface area (Å²) < 4.78 is 1.67. The molecule has 0 aliphatic carbocycles. The molecule has 0 bridgehead atoms. The summed E-state index contributed by atoms with van der Waals surface area (Å²) in [4.78, 5) is 24.0. The number of nitrogens with one attached hydrogen (secondary N) is 1. The number of carboxylic acids is 1. The highest BCUT2D eigenvalue weighted by Crippen LogP contribution is 2.03. The first-order valence-corrected chi connectivity index (χ1v) is 6.13. The zero-order valence-electron chi connectivity index (χ0n) is 11.5. The molecule has 1 aromatic rings. The Balaban J connectivity index is 2.49. The van der Waals surface area contributed by atoms with E-state index in [1.165, 1.54) is 4.90 Å². The molecule has 1 aromatic heterocycles. The normalized spacial score (nSPS) is 11.9. The molecule has 1 heterocycles. The second-order valence-corrected chi connectivity index (χ2v) is 4.53. The lowest BCUT2D eigenvalue weighted by atomic mass is 10.1. The standard InChI is InChI=1S/C12H20N4O3/c1-4-10(5-11(17)18)14-12(19)15(2)7-9-6-13-16(3)8-9/h6,8,10H,4-5,7H2,1-3H3,(H,14,19)(H,17,18). The van der Waals surface area contributed by atoms with Crippen molar-refractivity contribution >= 4 is 12.0 Å². The van der Waals surface area contributed by atoms with Crippen molar-refractivity contribution in [3.05, 3.63) is 18.0 Å². The maximum absolute atomic E-state index is 11.9. The Morgan fingerprint density at radius 1 is 1.58 bits per heavy atom. The van der Waals surface area contributed by atoms with Gasteiger partial charge in [0, 0.05) is 31.9 Å². The Kier molecular flexibility index (Phi) is 5.35. The fraction of sp³-hybridized carbons (Fsp3) is 0.583. The van der Waals surface area contributed by atoms with Crippen LogP contribution in [0, 0.1) is 0 Å². The number of rotatable bonds is 6. The van der Waals surface area contributed by atoms with Gasteiger partial charge in [-0.15, -0.1) is 0 Å². The molecule has 0 aromatic carbocycles. The summed E-state index contributed by atoms with van der Waals surface area (Å²) in [7, 11) is 3.47. The smallest absolute Gasteiger partial charge is 0.317 e. The Hall–Kier alpha value is -2.05. The average molecular weight is 268 g/mol. The monoisotopic (exact) mass is 268 g/mol. The van der Waals surface area contributed by atoms with Gasteiger partial charge in [0.15, 0.2) is 0 Å². The van der Waals surface area contributed by atoms with Crippen molar-refractivity contribution in [2.24, 2.45) is 7.05 Å². The number of amides is 2. The number of hydrogen-bond donors (Lipinski definition) is 2. The fourth-order valence-electron chi connectivity index (χ4n) is 1.69. The quantitative estimate of drug-likeness (QED) is 0.799. The first kappa shape index (κ1) is 15.0. The summed E-state index contributed by atoms with van der Waals surface area (Å²) in [5.41, 5.74) is 0.923. The van der Waals surface area contributed by atoms with E-state index in [2.05, 4.69) is 10.4 Å². The van der Waals surface area contributed by atoms with Crippen LogP contribution >= 0.6 is 0 Å². The fourth-order valence-corrected chi connectivity index (χ4v) is 1.69. The number of hydrogen-bond acceptors (Lipinski definition) is 3. The predicted molar refractivity (Wildman–Crippen MR) is 69.5 cm³/mol. The number of nitrogens with zero attached hydrogens (tertiary/aromatic N) is 3. The molecule has 0 aliphatic rings. The molecular formula is C12H20N4O3. The molecule has 1 rings (SSSR count). The third-order valence-corrected chi connectivity index (χ3v) is 2.77. The van der Waals surface area contributed by atoms with Gasteiger partial charge >= 0.3 is 12.0 Å². The van der Waals surface area contributed by atoms with Crippen LogP contribution in [-0.2, 0) is 18.4 Å². The zero-order valence-corrected chi connectivity index (χ0v) is 11.5. The Morgan fingerprint density at radius 3 is 2.74 bits per heavy atom. The summed E-state index contributed by atoms with van der Waals surface area (Å²) in [6.07, 6.45) is 4.04. The highest BCUT2D eigenvalue weighted by Gasteiger charge is 2.17. The van der Waals surface area contributed by atoms with Crippen LogP contribution in [0.4, 0.5) is 4.79 Å². The van der Waals surface area contributed by atoms with Crippen molar-refractivity contribution in [1.29, 1.82) is 0 Å². The molecule has 0 saturated heterocycles. The second-order valence-electron chi connectivity index (χ2n) is 4.53. The minimum Gasteiger partial charge on any atom is -0.481 e. The molecule has 2 N–H and O–H groups in total. The summed E-state index contributed by atoms with van der Waals surface area (Å²) >= 11 is 0. The van der Waals surface area contributed by atoms with Gasteiger partial charge < -0.3 is 15.3 Å². The number of carboxylic acid groups (broad SMARTS) is 1. The molecule has 1 atom stereocenters. The maximum Gasteiger partial charge on any atom is 0.317 e. The maximum atomic E-state index is 11.9. The molecule has 0 fully saturated rings. The number of carbonyl (C=O) groups excluding carboxylic acids is 1. The van der Waals surface area contributed by atoms with E-state index in [1.807, 2.05) is 20.2 Å². The van der Waals surface area contributed by atoms with E-state index in [4.69, 9.17) is 5.11 Å². The molecule has 0 radical (unpaired) electrons. The van der Waals surface area contributed by atoms with Gasteiger partial charge in [-0.1, -0.05) is 6.92 Å². The van der Waals surface area contributed by atoms with E-state index in [0.717, 1.165) is 5.56 Å². The van der Waals surface area contributed by atoms with E-state index >= 15 is 0 Å². The van der Waals surface area contributed by atoms with Gasteiger partial charge in [-0.05, 0) is 6.42 Å². The van der Waals surface area contributed by atoms with E-state index in [9.17, 15) is 9.59 Å². The van der Waals surface area contributed by atoms with Crippen molar-refractivity contribution in [3.63, 3.8) is 0 Å². The number of aryl methyl sites for hydroxylation is 1. The summed E-state index contributed by atoms with van der Waals surface area (Å²) in [6, 6.07) is -0.627. The molecule has 7 nitrogen and oxygen atoms in total. The minimum atomic E-state index is -0.915. The van der Waals surface area contributed by atoms with Gasteiger partial charge in [0.25, 0.3) is 0 Å². The average Bonchev–Trinajstić information content (AvgIpc) is 2.73. The molecule has 0 spiro atoms. The van der Waals surface area contributed by atoms with Crippen molar-refractivity contribution in [2.45, 2.75) is 32.4 Å². The van der Waals surface area contributed by atoms with Gasteiger partial charge in [-0.3, -0.25) is 9.48 Å². The number of aliphatic carboxylic acids is 1. The topological polar surface area (TPSA) is 87.5 Å². The van der Waals surface area contributed by atoms with E-state index < -0.39 is 5.97 Å². The van der Waals surface area contributed by atoms with Gasteiger partial charge in [-0.2, -0.15) is 5.10 Å². The number of aromatic nitrogens is 2. The first-order valence-electron chi connectivity index (χ1n) is 6.13. The number of urea groups is 1. The van der Waals surface area contributed by atoms with Crippen molar-refractivity contribution in [1.82, 2.24) is 20.0 Å². The van der Waals surface area contributed by atoms with Crippen LogP contribution in [0.25, 0.3) is 0 Å². The Bertz CT molecular complexity index is 444. The largest absolute Gasteiger partial charge is 0.481 e. The lowest BCUT2D eigenvalue weighted by Crippen LogP contribution is -2.43. The minimum absolute atomic E-state index is 0.0665. The highest BCUT2D eigenvalue weighted by molar-refractivity contribution is 5.75. The van der Waals surface area contributed by atoms with Gasteiger partial charge in [0.1, 0.15) is 0 Å². The molecule has 0 aliphatic heterocycles. The lowest BCUT2D eigenvalue weighted by molar-refractivity contribution is -0.137. The molecule has 106 valence electrons. The first-order chi connectivity index (χ1) is 8.92. The SMILES string of the molecule is CCC(CC(=O)O)NC(=O)N(C)Cc1cnn(C)c1. The van der Waals surface area contributed by atoms with Gasteiger partial charge in [0.2, 0.25) is 0 Å². The van der Waals surface area contributed by atoms with Crippen LogP contribution in [-0.4, -0.2) is 44.9 Å². The summed E-state index contributed by atoms with van der Waals surface area (Å²) in [6.45, 7) is 2.28.